The second kappa shape index (κ2) is 7.62. The number of carbonyl (C=O) groups is 1. The minimum Gasteiger partial charge on any atom is -0.383 e. The highest BCUT2D eigenvalue weighted by Crippen LogP contribution is 2.27. The molecule has 1 aromatic carbocycles. The molecule has 1 atom stereocenters. The van der Waals surface area contributed by atoms with Crippen LogP contribution < -0.4 is 5.73 Å². The lowest BCUT2D eigenvalue weighted by Gasteiger charge is -2.11. The zero-order valence-corrected chi connectivity index (χ0v) is 13.9. The molecular weight excluding hydrogens is 324 g/mol. The molecule has 118 valence electrons. The number of ether oxygens (including phenoxy) is 1. The number of rotatable bonds is 7. The average molecular weight is 341 g/mol. The number of nitrogens with two attached hydrogens (primary N) is 1. The van der Waals surface area contributed by atoms with Gasteiger partial charge in [-0.1, -0.05) is 23.4 Å². The molecule has 0 unspecified atom stereocenters. The summed E-state index contributed by atoms with van der Waals surface area (Å²) in [5.74, 6) is 0.312. The Morgan fingerprint density at radius 3 is 2.68 bits per heavy atom. The number of nitrogens with zero attached hydrogens (tertiary/aromatic N) is 3. The van der Waals surface area contributed by atoms with Crippen molar-refractivity contribution in [3.8, 4) is 11.4 Å². The number of primary amides is 1. The number of amides is 1. The number of aromatic nitrogens is 3. The first-order valence-electron chi connectivity index (χ1n) is 6.67. The highest BCUT2D eigenvalue weighted by molar-refractivity contribution is 8.00. The van der Waals surface area contributed by atoms with Crippen molar-refractivity contribution in [1.29, 1.82) is 0 Å². The molecule has 2 N–H and O–H groups in total. The van der Waals surface area contributed by atoms with Crippen molar-refractivity contribution in [1.82, 2.24) is 14.8 Å². The summed E-state index contributed by atoms with van der Waals surface area (Å²) in [6, 6.07) is 7.35. The minimum atomic E-state index is -0.390. The molecule has 0 saturated heterocycles. The van der Waals surface area contributed by atoms with E-state index in [1.807, 2.05) is 16.7 Å². The first kappa shape index (κ1) is 16.8. The maximum absolute atomic E-state index is 11.2. The summed E-state index contributed by atoms with van der Waals surface area (Å²) in [4.78, 5) is 11.2. The minimum absolute atomic E-state index is 0.386. The summed E-state index contributed by atoms with van der Waals surface area (Å²) < 4.78 is 7.05. The topological polar surface area (TPSA) is 83.0 Å². The lowest BCUT2D eigenvalue weighted by molar-refractivity contribution is -0.117. The fourth-order valence-electron chi connectivity index (χ4n) is 1.79. The van der Waals surface area contributed by atoms with Crippen LogP contribution in [0.2, 0.25) is 5.02 Å². The number of hydrogen-bond acceptors (Lipinski definition) is 5. The van der Waals surface area contributed by atoms with Crippen LogP contribution in [0.15, 0.2) is 29.4 Å². The SMILES string of the molecule is COCCn1c(S[C@@H](C)C(N)=O)nnc1-c1ccc(Cl)cc1. The van der Waals surface area contributed by atoms with Gasteiger partial charge in [-0.25, -0.2) is 0 Å². The van der Waals surface area contributed by atoms with Crippen molar-refractivity contribution in [2.45, 2.75) is 23.9 Å². The van der Waals surface area contributed by atoms with Crippen molar-refractivity contribution >= 4 is 29.3 Å². The van der Waals surface area contributed by atoms with Crippen LogP contribution in [0.3, 0.4) is 0 Å². The van der Waals surface area contributed by atoms with Gasteiger partial charge in [-0.3, -0.25) is 9.36 Å². The quantitative estimate of drug-likeness (QED) is 0.781. The Morgan fingerprint density at radius 1 is 1.41 bits per heavy atom. The second-order valence-corrected chi connectivity index (χ2v) is 6.36. The number of methoxy groups -OCH3 is 1. The maximum Gasteiger partial charge on any atom is 0.230 e. The van der Waals surface area contributed by atoms with Crippen LogP contribution in [0.5, 0.6) is 0 Å². The maximum atomic E-state index is 11.2. The molecule has 0 radical (unpaired) electrons. The summed E-state index contributed by atoms with van der Waals surface area (Å²) in [7, 11) is 1.63. The molecule has 0 bridgehead atoms. The molecule has 1 amide bonds. The van der Waals surface area contributed by atoms with Gasteiger partial charge in [-0.05, 0) is 31.2 Å². The van der Waals surface area contributed by atoms with E-state index in [4.69, 9.17) is 22.1 Å². The van der Waals surface area contributed by atoms with Gasteiger partial charge in [-0.15, -0.1) is 10.2 Å². The van der Waals surface area contributed by atoms with Crippen LogP contribution in [0, 0.1) is 0 Å². The largest absolute Gasteiger partial charge is 0.383 e. The van der Waals surface area contributed by atoms with E-state index < -0.39 is 0 Å². The van der Waals surface area contributed by atoms with Crippen LogP contribution in [-0.2, 0) is 16.1 Å². The van der Waals surface area contributed by atoms with E-state index in [0.29, 0.717) is 29.2 Å². The van der Waals surface area contributed by atoms with E-state index in [-0.39, 0.29) is 11.2 Å². The summed E-state index contributed by atoms with van der Waals surface area (Å²) in [5, 5.41) is 9.30. The molecular formula is C14H17ClN4O2S. The number of halogens is 1. The summed E-state index contributed by atoms with van der Waals surface area (Å²) in [5.41, 5.74) is 6.21. The van der Waals surface area contributed by atoms with E-state index in [9.17, 15) is 4.79 Å². The zero-order chi connectivity index (χ0) is 16.1. The molecule has 1 aromatic heterocycles. The third-order valence-corrected chi connectivity index (χ3v) is 4.37. The Balaban J connectivity index is 2.35. The van der Waals surface area contributed by atoms with Gasteiger partial charge in [0.15, 0.2) is 11.0 Å². The number of thioether (sulfide) groups is 1. The summed E-state index contributed by atoms with van der Waals surface area (Å²) >= 11 is 7.19. The van der Waals surface area contributed by atoms with E-state index in [2.05, 4.69) is 10.2 Å². The van der Waals surface area contributed by atoms with Crippen molar-refractivity contribution in [3.63, 3.8) is 0 Å². The number of carbonyl (C=O) groups excluding carboxylic acids is 1. The van der Waals surface area contributed by atoms with Gasteiger partial charge < -0.3 is 10.5 Å². The van der Waals surface area contributed by atoms with Gasteiger partial charge in [0.25, 0.3) is 0 Å². The fraction of sp³-hybridized carbons (Fsp3) is 0.357. The van der Waals surface area contributed by atoms with Crippen LogP contribution in [-0.4, -0.2) is 39.6 Å². The molecule has 1 heterocycles. The third-order valence-electron chi connectivity index (χ3n) is 3.02. The molecule has 8 heteroatoms. The lowest BCUT2D eigenvalue weighted by Crippen LogP contribution is -2.23. The van der Waals surface area contributed by atoms with E-state index >= 15 is 0 Å². The fourth-order valence-corrected chi connectivity index (χ4v) is 2.74. The Hall–Kier alpha value is -1.57. The highest BCUT2D eigenvalue weighted by Gasteiger charge is 2.19. The molecule has 0 saturated carbocycles. The van der Waals surface area contributed by atoms with Gasteiger partial charge in [0.1, 0.15) is 0 Å². The van der Waals surface area contributed by atoms with Gasteiger partial charge in [0, 0.05) is 17.7 Å². The standard InChI is InChI=1S/C14H17ClN4O2S/c1-9(12(16)20)22-14-18-17-13(19(14)7-8-21-2)10-3-5-11(15)6-4-10/h3-6,9H,7-8H2,1-2H3,(H2,16,20)/t9-/m0/s1. The molecule has 0 fully saturated rings. The molecule has 6 nitrogen and oxygen atoms in total. The molecule has 2 aromatic rings. The van der Waals surface area contributed by atoms with Crippen molar-refractivity contribution in [2.24, 2.45) is 5.73 Å². The predicted octanol–water partition coefficient (Wildman–Crippen LogP) is 2.21. The van der Waals surface area contributed by atoms with Gasteiger partial charge in [-0.2, -0.15) is 0 Å². The molecule has 22 heavy (non-hydrogen) atoms. The third kappa shape index (κ3) is 4.00. The highest BCUT2D eigenvalue weighted by atomic mass is 35.5. The van der Waals surface area contributed by atoms with Crippen molar-refractivity contribution < 1.29 is 9.53 Å². The molecule has 0 aliphatic carbocycles. The lowest BCUT2D eigenvalue weighted by atomic mass is 10.2. The van der Waals surface area contributed by atoms with Gasteiger partial charge in [0.05, 0.1) is 18.4 Å². The molecule has 0 spiro atoms. The van der Waals surface area contributed by atoms with Gasteiger partial charge in [0.2, 0.25) is 5.91 Å². The Morgan fingerprint density at radius 2 is 2.09 bits per heavy atom. The predicted molar refractivity (Wildman–Crippen MR) is 86.9 cm³/mol. The normalized spacial score (nSPS) is 12.3. The van der Waals surface area contributed by atoms with Crippen molar-refractivity contribution in [2.75, 3.05) is 13.7 Å². The molecule has 0 aliphatic rings. The number of benzene rings is 1. The molecule has 0 aliphatic heterocycles. The van der Waals surface area contributed by atoms with Crippen LogP contribution >= 0.6 is 23.4 Å². The first-order valence-corrected chi connectivity index (χ1v) is 7.92. The van der Waals surface area contributed by atoms with E-state index in [0.717, 1.165) is 5.56 Å². The zero-order valence-electron chi connectivity index (χ0n) is 12.3. The van der Waals surface area contributed by atoms with Crippen LogP contribution in [0.4, 0.5) is 0 Å². The summed E-state index contributed by atoms with van der Waals surface area (Å²) in [6.07, 6.45) is 0. The Bertz CT molecular complexity index is 645. The average Bonchev–Trinajstić information content (AvgIpc) is 2.88. The molecule has 2 rings (SSSR count). The van der Waals surface area contributed by atoms with E-state index in [1.165, 1.54) is 11.8 Å². The number of hydrogen-bond donors (Lipinski definition) is 1. The van der Waals surface area contributed by atoms with Gasteiger partial charge >= 0.3 is 0 Å². The van der Waals surface area contributed by atoms with Crippen LogP contribution in [0.25, 0.3) is 11.4 Å². The van der Waals surface area contributed by atoms with Crippen molar-refractivity contribution in [3.05, 3.63) is 29.3 Å². The van der Waals surface area contributed by atoms with Crippen LogP contribution in [0.1, 0.15) is 6.92 Å². The Labute approximate surface area is 138 Å². The van der Waals surface area contributed by atoms with E-state index in [1.54, 1.807) is 26.2 Å². The Kier molecular flexibility index (Phi) is 5.82. The first-order chi connectivity index (χ1) is 10.5. The second-order valence-electron chi connectivity index (χ2n) is 4.62. The summed E-state index contributed by atoms with van der Waals surface area (Å²) in [6.45, 7) is 2.83. The monoisotopic (exact) mass is 340 g/mol. The smallest absolute Gasteiger partial charge is 0.230 e.